The van der Waals surface area contributed by atoms with Crippen LogP contribution >= 0.6 is 0 Å². The fraction of sp³-hybridized carbons (Fsp3) is 0.429. The van der Waals surface area contributed by atoms with E-state index < -0.39 is 5.97 Å². The summed E-state index contributed by atoms with van der Waals surface area (Å²) in [5, 5.41) is 4.88. The molecule has 7 nitrogen and oxygen atoms in total. The van der Waals surface area contributed by atoms with Gasteiger partial charge in [0.1, 0.15) is 0 Å². The first kappa shape index (κ1) is 18.4. The molecule has 2 aliphatic carbocycles. The monoisotopic (exact) mass is 381 g/mol. The van der Waals surface area contributed by atoms with E-state index >= 15 is 0 Å². The molecule has 1 saturated carbocycles. The lowest BCUT2D eigenvalue weighted by Gasteiger charge is -2.27. The number of hydrogen-bond acceptors (Lipinski definition) is 5. The summed E-state index contributed by atoms with van der Waals surface area (Å²) >= 11 is 0. The summed E-state index contributed by atoms with van der Waals surface area (Å²) in [5.74, 6) is -0.897. The van der Waals surface area contributed by atoms with Gasteiger partial charge in [0.25, 0.3) is 11.5 Å². The van der Waals surface area contributed by atoms with E-state index in [0.29, 0.717) is 10.8 Å². The summed E-state index contributed by atoms with van der Waals surface area (Å²) in [6, 6.07) is 6.99. The molecule has 1 amide bonds. The zero-order valence-corrected chi connectivity index (χ0v) is 15.9. The number of esters is 1. The second-order valence-electron chi connectivity index (χ2n) is 7.34. The lowest BCUT2D eigenvalue weighted by atomic mass is 10.0. The van der Waals surface area contributed by atoms with Crippen molar-refractivity contribution in [1.82, 2.24) is 14.7 Å². The first-order valence-electron chi connectivity index (χ1n) is 9.70. The maximum Gasteiger partial charge on any atom is 0.359 e. The number of aryl methyl sites for hydroxylation is 1. The second kappa shape index (κ2) is 7.58. The highest BCUT2D eigenvalue weighted by Crippen LogP contribution is 2.33. The molecule has 1 aromatic carbocycles. The van der Waals surface area contributed by atoms with Crippen LogP contribution in [0, 0.1) is 0 Å². The molecule has 0 saturated heterocycles. The third-order valence-electron chi connectivity index (χ3n) is 5.23. The second-order valence-corrected chi connectivity index (χ2v) is 7.34. The third-order valence-corrected chi connectivity index (χ3v) is 5.23. The van der Waals surface area contributed by atoms with E-state index in [4.69, 9.17) is 4.74 Å². The van der Waals surface area contributed by atoms with Crippen molar-refractivity contribution < 1.29 is 14.3 Å². The number of benzene rings is 1. The molecule has 1 heterocycles. The van der Waals surface area contributed by atoms with Crippen LogP contribution < -0.4 is 5.56 Å². The standard InChI is InChI=1S/C21H23N3O4/c1-23-20(26)17-10-6-5-9-16(17)19(22-23)21(27)28-13-18(25)24(15-11-12-15)14-7-3-2-4-8-14/h5-7,9-10,15H,2-4,8,11-13H2,1H3. The van der Waals surface area contributed by atoms with Gasteiger partial charge in [-0.25, -0.2) is 9.48 Å². The SMILES string of the molecule is Cn1nc(C(=O)OCC(=O)N(C2=CCCCC2)C2CC2)c2ccccc2c1=O. The van der Waals surface area contributed by atoms with Crippen LogP contribution in [-0.4, -0.2) is 39.2 Å². The molecule has 0 radical (unpaired) electrons. The number of carbonyl (C=O) groups excluding carboxylic acids is 2. The Morgan fingerprint density at radius 2 is 1.96 bits per heavy atom. The molecule has 0 bridgehead atoms. The average molecular weight is 381 g/mol. The van der Waals surface area contributed by atoms with Gasteiger partial charge in [-0.2, -0.15) is 5.10 Å². The normalized spacial score (nSPS) is 16.5. The van der Waals surface area contributed by atoms with Gasteiger partial charge in [-0.1, -0.05) is 24.3 Å². The summed E-state index contributed by atoms with van der Waals surface area (Å²) in [6.45, 7) is -0.328. The number of allylic oxidation sites excluding steroid dienone is 2. The highest BCUT2D eigenvalue weighted by Gasteiger charge is 2.35. The van der Waals surface area contributed by atoms with Gasteiger partial charge in [0.05, 0.1) is 5.39 Å². The predicted molar refractivity (Wildman–Crippen MR) is 104 cm³/mol. The summed E-state index contributed by atoms with van der Waals surface area (Å²) in [5.41, 5.74) is 0.813. The first-order valence-corrected chi connectivity index (χ1v) is 9.70. The molecule has 146 valence electrons. The molecule has 1 fully saturated rings. The molecular formula is C21H23N3O4. The van der Waals surface area contributed by atoms with E-state index in [-0.39, 0.29) is 29.8 Å². The van der Waals surface area contributed by atoms with Gasteiger partial charge in [0.15, 0.2) is 12.3 Å². The molecule has 0 spiro atoms. The van der Waals surface area contributed by atoms with Crippen LogP contribution in [0.5, 0.6) is 0 Å². The van der Waals surface area contributed by atoms with Crippen LogP contribution in [0.4, 0.5) is 0 Å². The van der Waals surface area contributed by atoms with E-state index in [1.807, 2.05) is 4.90 Å². The van der Waals surface area contributed by atoms with E-state index in [2.05, 4.69) is 11.2 Å². The minimum atomic E-state index is -0.700. The van der Waals surface area contributed by atoms with Crippen molar-refractivity contribution in [3.63, 3.8) is 0 Å². The van der Waals surface area contributed by atoms with Crippen molar-refractivity contribution in [2.75, 3.05) is 6.61 Å². The van der Waals surface area contributed by atoms with Crippen LogP contribution in [0.1, 0.15) is 49.0 Å². The zero-order chi connectivity index (χ0) is 19.7. The Labute approximate surface area is 162 Å². The topological polar surface area (TPSA) is 81.5 Å². The highest BCUT2D eigenvalue weighted by molar-refractivity contribution is 6.02. The minimum absolute atomic E-state index is 0.0420. The first-order chi connectivity index (χ1) is 13.6. The average Bonchev–Trinajstić information content (AvgIpc) is 3.55. The molecule has 7 heteroatoms. The summed E-state index contributed by atoms with van der Waals surface area (Å²) < 4.78 is 6.42. The quantitative estimate of drug-likeness (QED) is 0.744. The molecule has 2 aliphatic rings. The van der Waals surface area contributed by atoms with Crippen molar-refractivity contribution >= 4 is 22.6 Å². The maximum absolute atomic E-state index is 12.8. The zero-order valence-electron chi connectivity index (χ0n) is 15.9. The van der Waals surface area contributed by atoms with Crippen molar-refractivity contribution in [2.45, 2.75) is 44.6 Å². The van der Waals surface area contributed by atoms with Crippen LogP contribution in [-0.2, 0) is 16.6 Å². The van der Waals surface area contributed by atoms with Crippen molar-refractivity contribution in [2.24, 2.45) is 7.05 Å². The van der Waals surface area contributed by atoms with Gasteiger partial charge in [0.2, 0.25) is 0 Å². The molecular weight excluding hydrogens is 358 g/mol. The number of amides is 1. The summed E-state index contributed by atoms with van der Waals surface area (Å²) in [6.07, 6.45) is 8.22. The molecule has 1 aromatic heterocycles. The Kier molecular flexibility index (Phi) is 4.98. The number of carbonyl (C=O) groups is 2. The van der Waals surface area contributed by atoms with Gasteiger partial charge >= 0.3 is 5.97 Å². The molecule has 0 unspecified atom stereocenters. The lowest BCUT2D eigenvalue weighted by Crippen LogP contribution is -2.36. The third kappa shape index (κ3) is 3.56. The Hall–Kier alpha value is -2.96. The van der Waals surface area contributed by atoms with E-state index in [1.165, 1.54) is 7.05 Å². The van der Waals surface area contributed by atoms with Gasteiger partial charge in [-0.3, -0.25) is 9.59 Å². The lowest BCUT2D eigenvalue weighted by molar-refractivity contribution is -0.133. The largest absolute Gasteiger partial charge is 0.451 e. The number of fused-ring (bicyclic) bond motifs is 1. The maximum atomic E-state index is 12.8. The number of rotatable bonds is 5. The highest BCUT2D eigenvalue weighted by atomic mass is 16.5. The molecule has 2 aromatic rings. The number of nitrogens with zero attached hydrogens (tertiary/aromatic N) is 3. The van der Waals surface area contributed by atoms with Crippen molar-refractivity contribution in [3.8, 4) is 0 Å². The van der Waals surface area contributed by atoms with Crippen LogP contribution in [0.2, 0.25) is 0 Å². The predicted octanol–water partition coefficient (Wildman–Crippen LogP) is 2.54. The van der Waals surface area contributed by atoms with E-state index in [0.717, 1.165) is 48.9 Å². The minimum Gasteiger partial charge on any atom is -0.451 e. The Morgan fingerprint density at radius 3 is 2.64 bits per heavy atom. The van der Waals surface area contributed by atoms with E-state index in [9.17, 15) is 14.4 Å². The molecule has 4 rings (SSSR count). The fourth-order valence-corrected chi connectivity index (χ4v) is 3.69. The summed E-state index contributed by atoms with van der Waals surface area (Å²) in [7, 11) is 1.49. The number of aromatic nitrogens is 2. The molecule has 0 aliphatic heterocycles. The Bertz CT molecular complexity index is 1020. The molecule has 28 heavy (non-hydrogen) atoms. The van der Waals surface area contributed by atoms with Gasteiger partial charge < -0.3 is 9.64 Å². The van der Waals surface area contributed by atoms with Gasteiger partial charge in [0, 0.05) is 24.2 Å². The van der Waals surface area contributed by atoms with Crippen molar-refractivity contribution in [3.05, 3.63) is 52.1 Å². The van der Waals surface area contributed by atoms with Crippen LogP contribution in [0.3, 0.4) is 0 Å². The van der Waals surface area contributed by atoms with Gasteiger partial charge in [-0.15, -0.1) is 0 Å². The van der Waals surface area contributed by atoms with Gasteiger partial charge in [-0.05, 0) is 44.6 Å². The number of ether oxygens (including phenoxy) is 1. The van der Waals surface area contributed by atoms with Crippen LogP contribution in [0.15, 0.2) is 40.8 Å². The Balaban J connectivity index is 1.52. The number of hydrogen-bond donors (Lipinski definition) is 0. The summed E-state index contributed by atoms with van der Waals surface area (Å²) in [4.78, 5) is 39.4. The van der Waals surface area contributed by atoms with Crippen LogP contribution in [0.25, 0.3) is 10.8 Å². The Morgan fingerprint density at radius 1 is 1.21 bits per heavy atom. The molecule has 0 atom stereocenters. The van der Waals surface area contributed by atoms with E-state index in [1.54, 1.807) is 24.3 Å². The van der Waals surface area contributed by atoms with Crippen molar-refractivity contribution in [1.29, 1.82) is 0 Å². The molecule has 0 N–H and O–H groups in total. The fourth-order valence-electron chi connectivity index (χ4n) is 3.69. The smallest absolute Gasteiger partial charge is 0.359 e.